The first-order valence-corrected chi connectivity index (χ1v) is 7.62. The Morgan fingerprint density at radius 2 is 2.20 bits per heavy atom. The lowest BCUT2D eigenvalue weighted by molar-refractivity contribution is 0.269. The first-order chi connectivity index (χ1) is 9.51. The average Bonchev–Trinajstić information content (AvgIpc) is 3.00. The second kappa shape index (κ2) is 6.16. The number of hydrogen-bond acceptors (Lipinski definition) is 5. The molecule has 2 aromatic rings. The van der Waals surface area contributed by atoms with E-state index in [1.54, 1.807) is 30.1 Å². The van der Waals surface area contributed by atoms with Crippen LogP contribution >= 0.6 is 0 Å². The Balaban J connectivity index is 2.02. The predicted molar refractivity (Wildman–Crippen MR) is 71.3 cm³/mol. The van der Waals surface area contributed by atoms with E-state index in [0.29, 0.717) is 6.54 Å². The van der Waals surface area contributed by atoms with E-state index in [1.165, 1.54) is 17.1 Å². The van der Waals surface area contributed by atoms with Gasteiger partial charge in [0.2, 0.25) is 10.0 Å². The van der Waals surface area contributed by atoms with Crippen molar-refractivity contribution < 1.29 is 13.5 Å². The lowest BCUT2D eigenvalue weighted by Crippen LogP contribution is -2.35. The Hall–Kier alpha value is -1.71. The smallest absolute Gasteiger partial charge is 0.243 e. The molecule has 2 rings (SSSR count). The molecule has 1 atom stereocenters. The van der Waals surface area contributed by atoms with Crippen LogP contribution in [0.3, 0.4) is 0 Å². The SMILES string of the molecule is CC(Cn1cccn1)NS(=O)(=O)c1cnn(CCO)c1. The molecule has 1 unspecified atom stereocenters. The second-order valence-electron chi connectivity index (χ2n) is 4.41. The van der Waals surface area contributed by atoms with Gasteiger partial charge in [0.05, 0.1) is 25.9 Å². The molecule has 20 heavy (non-hydrogen) atoms. The second-order valence-corrected chi connectivity index (χ2v) is 6.13. The highest BCUT2D eigenvalue weighted by molar-refractivity contribution is 7.89. The Bertz CT molecular complexity index is 635. The molecule has 0 saturated heterocycles. The fraction of sp³-hybridized carbons (Fsp3) is 0.455. The summed E-state index contributed by atoms with van der Waals surface area (Å²) in [5.74, 6) is 0. The summed E-state index contributed by atoms with van der Waals surface area (Å²) in [6, 6.07) is 1.47. The number of aromatic nitrogens is 4. The molecule has 0 bridgehead atoms. The fourth-order valence-corrected chi connectivity index (χ4v) is 2.95. The maximum Gasteiger partial charge on any atom is 0.243 e. The summed E-state index contributed by atoms with van der Waals surface area (Å²) in [5, 5.41) is 16.7. The van der Waals surface area contributed by atoms with E-state index in [9.17, 15) is 8.42 Å². The summed E-state index contributed by atoms with van der Waals surface area (Å²) in [6.45, 7) is 2.37. The van der Waals surface area contributed by atoms with Gasteiger partial charge in [-0.15, -0.1) is 0 Å². The number of sulfonamides is 1. The quantitative estimate of drug-likeness (QED) is 0.713. The molecule has 2 N–H and O–H groups in total. The third-order valence-electron chi connectivity index (χ3n) is 2.63. The monoisotopic (exact) mass is 299 g/mol. The Labute approximate surface area is 117 Å². The molecule has 2 heterocycles. The van der Waals surface area contributed by atoms with E-state index in [1.807, 2.05) is 0 Å². The highest BCUT2D eigenvalue weighted by atomic mass is 32.2. The van der Waals surface area contributed by atoms with Crippen LogP contribution in [0.15, 0.2) is 35.7 Å². The Kier molecular flexibility index (Phi) is 4.53. The van der Waals surface area contributed by atoms with Crippen molar-refractivity contribution in [3.63, 3.8) is 0 Å². The van der Waals surface area contributed by atoms with E-state index in [-0.39, 0.29) is 24.1 Å². The summed E-state index contributed by atoms with van der Waals surface area (Å²) in [6.07, 6.45) is 6.06. The van der Waals surface area contributed by atoms with Crippen molar-refractivity contribution in [2.75, 3.05) is 6.61 Å². The standard InChI is InChI=1S/C11H17N5O3S/c1-10(8-15-4-2-3-12-15)14-20(18,19)11-7-13-16(9-11)5-6-17/h2-4,7,9-10,14,17H,5-6,8H2,1H3. The van der Waals surface area contributed by atoms with Crippen LogP contribution in [0.25, 0.3) is 0 Å². The molecule has 0 aliphatic carbocycles. The van der Waals surface area contributed by atoms with E-state index in [0.717, 1.165) is 0 Å². The molecule has 0 aliphatic heterocycles. The highest BCUT2D eigenvalue weighted by Crippen LogP contribution is 2.08. The van der Waals surface area contributed by atoms with Gasteiger partial charge in [-0.1, -0.05) is 0 Å². The third kappa shape index (κ3) is 3.65. The van der Waals surface area contributed by atoms with Gasteiger partial charge in [-0.25, -0.2) is 13.1 Å². The molecular weight excluding hydrogens is 282 g/mol. The third-order valence-corrected chi connectivity index (χ3v) is 4.17. The molecule has 0 aromatic carbocycles. The van der Waals surface area contributed by atoms with Crippen molar-refractivity contribution in [3.8, 4) is 0 Å². The lowest BCUT2D eigenvalue weighted by Gasteiger charge is -2.13. The number of aliphatic hydroxyl groups excluding tert-OH is 1. The molecular formula is C11H17N5O3S. The van der Waals surface area contributed by atoms with E-state index in [4.69, 9.17) is 5.11 Å². The van der Waals surface area contributed by atoms with E-state index < -0.39 is 10.0 Å². The van der Waals surface area contributed by atoms with Crippen molar-refractivity contribution in [1.82, 2.24) is 24.3 Å². The minimum atomic E-state index is -3.62. The summed E-state index contributed by atoms with van der Waals surface area (Å²) in [7, 11) is -3.62. The molecule has 8 nitrogen and oxygen atoms in total. The van der Waals surface area contributed by atoms with Crippen molar-refractivity contribution >= 4 is 10.0 Å². The largest absolute Gasteiger partial charge is 0.394 e. The van der Waals surface area contributed by atoms with Crippen molar-refractivity contribution in [3.05, 3.63) is 30.9 Å². The summed E-state index contributed by atoms with van der Waals surface area (Å²) < 4.78 is 29.9. The van der Waals surface area contributed by atoms with Crippen LogP contribution in [0.4, 0.5) is 0 Å². The normalized spacial score (nSPS) is 13.5. The number of nitrogens with one attached hydrogen (secondary N) is 1. The van der Waals surface area contributed by atoms with Gasteiger partial charge in [0.1, 0.15) is 4.90 Å². The first kappa shape index (κ1) is 14.7. The van der Waals surface area contributed by atoms with Gasteiger partial charge in [0.15, 0.2) is 0 Å². The zero-order chi connectivity index (χ0) is 14.6. The van der Waals surface area contributed by atoms with Gasteiger partial charge in [0.25, 0.3) is 0 Å². The van der Waals surface area contributed by atoms with Gasteiger partial charge in [-0.2, -0.15) is 10.2 Å². The maximum atomic E-state index is 12.1. The average molecular weight is 299 g/mol. The minimum absolute atomic E-state index is 0.0817. The molecule has 0 saturated carbocycles. The number of aliphatic hydroxyl groups is 1. The van der Waals surface area contributed by atoms with Crippen LogP contribution in [0, 0.1) is 0 Å². The van der Waals surface area contributed by atoms with Crippen LogP contribution in [-0.4, -0.2) is 45.7 Å². The molecule has 110 valence electrons. The number of hydrogen-bond donors (Lipinski definition) is 2. The van der Waals surface area contributed by atoms with Crippen LogP contribution in [0.2, 0.25) is 0 Å². The molecule has 2 aromatic heterocycles. The van der Waals surface area contributed by atoms with E-state index in [2.05, 4.69) is 14.9 Å². The molecule has 0 spiro atoms. The molecule has 9 heteroatoms. The number of nitrogens with zero attached hydrogens (tertiary/aromatic N) is 4. The zero-order valence-electron chi connectivity index (χ0n) is 11.0. The minimum Gasteiger partial charge on any atom is -0.394 e. The number of rotatable bonds is 7. The molecule has 0 aliphatic rings. The first-order valence-electron chi connectivity index (χ1n) is 6.14. The van der Waals surface area contributed by atoms with Crippen molar-refractivity contribution in [2.24, 2.45) is 0 Å². The van der Waals surface area contributed by atoms with Crippen molar-refractivity contribution in [1.29, 1.82) is 0 Å². The van der Waals surface area contributed by atoms with Crippen LogP contribution in [-0.2, 0) is 23.1 Å². The molecule has 0 radical (unpaired) electrons. The Morgan fingerprint density at radius 1 is 1.40 bits per heavy atom. The van der Waals surface area contributed by atoms with Crippen LogP contribution in [0.1, 0.15) is 6.92 Å². The van der Waals surface area contributed by atoms with Crippen molar-refractivity contribution in [2.45, 2.75) is 31.0 Å². The van der Waals surface area contributed by atoms with E-state index >= 15 is 0 Å². The van der Waals surface area contributed by atoms with Gasteiger partial charge in [-0.3, -0.25) is 9.36 Å². The van der Waals surface area contributed by atoms with Crippen LogP contribution < -0.4 is 4.72 Å². The summed E-state index contributed by atoms with van der Waals surface area (Å²) in [5.41, 5.74) is 0. The highest BCUT2D eigenvalue weighted by Gasteiger charge is 2.19. The van der Waals surface area contributed by atoms with Gasteiger partial charge >= 0.3 is 0 Å². The zero-order valence-corrected chi connectivity index (χ0v) is 11.9. The van der Waals surface area contributed by atoms with Crippen LogP contribution in [0.5, 0.6) is 0 Å². The lowest BCUT2D eigenvalue weighted by atomic mass is 10.4. The molecule has 0 fully saturated rings. The van der Waals surface area contributed by atoms with Gasteiger partial charge in [-0.05, 0) is 13.0 Å². The van der Waals surface area contributed by atoms with Gasteiger partial charge in [0, 0.05) is 24.6 Å². The molecule has 0 amide bonds. The fourth-order valence-electron chi connectivity index (χ4n) is 1.77. The van der Waals surface area contributed by atoms with Gasteiger partial charge < -0.3 is 5.11 Å². The maximum absolute atomic E-state index is 12.1. The topological polar surface area (TPSA) is 102 Å². The summed E-state index contributed by atoms with van der Waals surface area (Å²) >= 11 is 0. The summed E-state index contributed by atoms with van der Waals surface area (Å²) in [4.78, 5) is 0.0817. The Morgan fingerprint density at radius 3 is 2.85 bits per heavy atom. The predicted octanol–water partition coefficient (Wildman–Crippen LogP) is -0.561.